The van der Waals surface area contributed by atoms with E-state index in [2.05, 4.69) is 44.7 Å². The van der Waals surface area contributed by atoms with Gasteiger partial charge in [0.15, 0.2) is 0 Å². The van der Waals surface area contributed by atoms with Crippen LogP contribution in [-0.4, -0.2) is 24.9 Å². The maximum atomic E-state index is 14.9. The van der Waals surface area contributed by atoms with Gasteiger partial charge in [-0.3, -0.25) is 9.59 Å². The summed E-state index contributed by atoms with van der Waals surface area (Å²) in [5.41, 5.74) is 3.04. The molecule has 3 aromatic rings. The number of carbonyl (C=O) groups excluding carboxylic acids is 2. The first-order valence-corrected chi connectivity index (χ1v) is 26.7. The van der Waals surface area contributed by atoms with Gasteiger partial charge in [0.2, 0.25) is 0 Å². The van der Waals surface area contributed by atoms with Crippen molar-refractivity contribution in [3.8, 4) is 0 Å². The summed E-state index contributed by atoms with van der Waals surface area (Å²) in [6.07, 6.45) is 42.6. The van der Waals surface area contributed by atoms with E-state index in [1.165, 1.54) is 173 Å². The maximum absolute atomic E-state index is 14.9. The minimum absolute atomic E-state index is 0.0178. The van der Waals surface area contributed by atoms with Crippen molar-refractivity contribution >= 4 is 34.3 Å². The maximum Gasteiger partial charge on any atom is 0.262 e. The number of rotatable bonds is 37. The van der Waals surface area contributed by atoms with Crippen LogP contribution in [0.2, 0.25) is 0 Å². The molecule has 0 aliphatic carbocycles. The molecule has 4 heterocycles. The van der Waals surface area contributed by atoms with Gasteiger partial charge in [-0.15, -0.1) is 0 Å². The zero-order valence-corrected chi connectivity index (χ0v) is 40.6. The largest absolute Gasteiger partial charge is 0.464 e. The van der Waals surface area contributed by atoms with Gasteiger partial charge in [-0.2, -0.15) is 0 Å². The third-order valence-electron chi connectivity index (χ3n) is 14.2. The van der Waals surface area contributed by atoms with E-state index < -0.39 is 0 Å². The van der Waals surface area contributed by atoms with Crippen LogP contribution < -0.4 is 20.2 Å². The minimum Gasteiger partial charge on any atom is -0.464 e. The molecule has 350 valence electrons. The predicted octanol–water partition coefficient (Wildman–Crippen LogP) is 15.4. The molecule has 0 bridgehead atoms. The Hall–Kier alpha value is -3.54. The Morgan fingerprint density at radius 1 is 0.413 bits per heavy atom. The lowest BCUT2D eigenvalue weighted by Crippen LogP contribution is -2.35. The summed E-state index contributed by atoms with van der Waals surface area (Å²) >= 11 is 0. The van der Waals surface area contributed by atoms with Crippen LogP contribution in [0.1, 0.15) is 238 Å². The van der Waals surface area contributed by atoms with Crippen molar-refractivity contribution in [3.05, 3.63) is 70.9 Å². The van der Waals surface area contributed by atoms with E-state index in [4.69, 9.17) is 8.83 Å². The first-order valence-electron chi connectivity index (χ1n) is 26.7. The zero-order chi connectivity index (χ0) is 44.5. The monoisotopic (exact) mass is 865 g/mol. The van der Waals surface area contributed by atoms with Gasteiger partial charge in [0.25, 0.3) is 11.8 Å². The summed E-state index contributed by atoms with van der Waals surface area (Å²) in [4.78, 5) is 33.8. The molecule has 2 aliphatic heterocycles. The van der Waals surface area contributed by atoms with Gasteiger partial charge in [0.05, 0.1) is 35.0 Å². The number of anilines is 2. The lowest BCUT2D eigenvalue weighted by atomic mass is 9.93. The van der Waals surface area contributed by atoms with Crippen LogP contribution in [0.5, 0.6) is 0 Å². The summed E-state index contributed by atoms with van der Waals surface area (Å²) in [7, 11) is 0. The van der Waals surface area contributed by atoms with Gasteiger partial charge in [-0.1, -0.05) is 201 Å². The van der Waals surface area contributed by atoms with Crippen LogP contribution in [0.15, 0.2) is 57.8 Å². The molecule has 0 fully saturated rings. The topological polar surface area (TPSA) is 66.9 Å². The highest BCUT2D eigenvalue weighted by Gasteiger charge is 2.38. The van der Waals surface area contributed by atoms with E-state index >= 15 is 0 Å². The third kappa shape index (κ3) is 15.6. The van der Waals surface area contributed by atoms with Crippen LogP contribution in [0.3, 0.4) is 0 Å². The SMILES string of the molecule is CCCCCCCCCCC(CCCCCCCC)CN1C(=O)C(c2ccco2)=c2cc3c(cc21)=C(c1ccco1)C(=O)N3CC(CCCCCCCC)CCCCCCCCC. The van der Waals surface area contributed by atoms with E-state index in [0.717, 1.165) is 47.5 Å². The van der Waals surface area contributed by atoms with Gasteiger partial charge in [0, 0.05) is 23.5 Å². The minimum atomic E-state index is 0.0178. The molecule has 0 spiro atoms. The van der Waals surface area contributed by atoms with Crippen molar-refractivity contribution < 1.29 is 18.4 Å². The first kappa shape index (κ1) is 50.5. The molecule has 0 radical (unpaired) electrons. The number of furan rings is 2. The van der Waals surface area contributed by atoms with Crippen molar-refractivity contribution in [3.63, 3.8) is 0 Å². The molecular weight excluding hydrogens is 777 g/mol. The van der Waals surface area contributed by atoms with Crippen molar-refractivity contribution in [2.45, 2.75) is 227 Å². The number of hydrogen-bond acceptors (Lipinski definition) is 4. The van der Waals surface area contributed by atoms with Gasteiger partial charge in [-0.05, 0) is 73.9 Å². The molecular formula is C57H88N2O4. The van der Waals surface area contributed by atoms with Crippen molar-refractivity contribution in [1.29, 1.82) is 0 Å². The smallest absolute Gasteiger partial charge is 0.262 e. The van der Waals surface area contributed by atoms with E-state index in [-0.39, 0.29) is 11.8 Å². The summed E-state index contributed by atoms with van der Waals surface area (Å²) < 4.78 is 12.1. The molecule has 1 aromatic carbocycles. The molecule has 6 heteroatoms. The van der Waals surface area contributed by atoms with E-state index in [9.17, 15) is 9.59 Å². The molecule has 2 unspecified atom stereocenters. The van der Waals surface area contributed by atoms with Gasteiger partial charge < -0.3 is 18.6 Å². The van der Waals surface area contributed by atoms with Crippen LogP contribution in [-0.2, 0) is 9.59 Å². The number of hydrogen-bond donors (Lipinski definition) is 0. The number of fused-ring (bicyclic) bond motifs is 2. The lowest BCUT2D eigenvalue weighted by molar-refractivity contribution is -0.114. The molecule has 63 heavy (non-hydrogen) atoms. The zero-order valence-electron chi connectivity index (χ0n) is 40.6. The van der Waals surface area contributed by atoms with Crippen LogP contribution in [0.25, 0.3) is 11.1 Å². The van der Waals surface area contributed by atoms with Crippen LogP contribution >= 0.6 is 0 Å². The molecule has 5 rings (SSSR count). The average molecular weight is 865 g/mol. The fourth-order valence-electron chi connectivity index (χ4n) is 10.4. The normalized spacial score (nSPS) is 14.7. The number of amides is 2. The standard InChI is InChI=1S/C57H88N2O4/c1-5-9-13-17-21-23-27-31-37-47(35-29-25-20-16-12-8-4)45-59-51-43-48-50(42-49(51)55(57(59)61)53-39-33-41-63-53)58(56(60)54(48)52-38-32-40-62-52)44-46(34-28-24-19-15-11-7-3)36-30-26-22-18-14-10-6-2/h32-33,38-43,46-47H,5-31,34-37,44-45H2,1-4H3. The second-order valence-electron chi connectivity index (χ2n) is 19.4. The predicted molar refractivity (Wildman–Crippen MR) is 266 cm³/mol. The molecule has 2 amide bonds. The number of carbonyl (C=O) groups is 2. The Morgan fingerprint density at radius 2 is 0.698 bits per heavy atom. The Labute approximate surface area is 383 Å². The highest BCUT2D eigenvalue weighted by molar-refractivity contribution is 6.31. The Morgan fingerprint density at radius 3 is 0.968 bits per heavy atom. The summed E-state index contributed by atoms with van der Waals surface area (Å²) in [5, 5.41) is 1.77. The van der Waals surface area contributed by atoms with E-state index in [1.807, 2.05) is 29.2 Å². The second-order valence-corrected chi connectivity index (χ2v) is 19.4. The molecule has 2 aromatic heterocycles. The van der Waals surface area contributed by atoms with Crippen LogP contribution in [0, 0.1) is 11.8 Å². The number of nitrogens with zero attached hydrogens (tertiary/aromatic N) is 2. The Kier molecular flexibility index (Phi) is 23.3. The number of benzene rings is 1. The fourth-order valence-corrected chi connectivity index (χ4v) is 10.4. The Bertz CT molecular complexity index is 1840. The van der Waals surface area contributed by atoms with E-state index in [1.54, 1.807) is 12.5 Å². The highest BCUT2D eigenvalue weighted by atomic mass is 16.3. The summed E-state index contributed by atoms with van der Waals surface area (Å²) in [6.45, 7) is 10.5. The first-order chi connectivity index (χ1) is 31.0. The van der Waals surface area contributed by atoms with Crippen molar-refractivity contribution in [2.24, 2.45) is 11.8 Å². The highest BCUT2D eigenvalue weighted by Crippen LogP contribution is 2.34. The van der Waals surface area contributed by atoms with Gasteiger partial charge in [-0.25, -0.2) is 0 Å². The Balaban J connectivity index is 1.44. The quantitative estimate of drug-likeness (QED) is 0.0542. The molecule has 2 atom stereocenters. The van der Waals surface area contributed by atoms with Crippen molar-refractivity contribution in [2.75, 3.05) is 22.9 Å². The molecule has 6 nitrogen and oxygen atoms in total. The average Bonchev–Trinajstić information content (AvgIpc) is 4.11. The molecule has 0 saturated carbocycles. The number of unbranched alkanes of at least 4 members (excludes halogenated alkanes) is 23. The fraction of sp³-hybridized carbons (Fsp3) is 0.684. The third-order valence-corrected chi connectivity index (χ3v) is 14.2. The summed E-state index contributed by atoms with van der Waals surface area (Å²) in [6, 6.07) is 11.9. The van der Waals surface area contributed by atoms with E-state index in [0.29, 0.717) is 47.6 Å². The van der Waals surface area contributed by atoms with Gasteiger partial charge >= 0.3 is 0 Å². The van der Waals surface area contributed by atoms with Crippen LogP contribution in [0.4, 0.5) is 11.4 Å². The molecule has 0 saturated heterocycles. The lowest BCUT2D eigenvalue weighted by Gasteiger charge is -2.27. The van der Waals surface area contributed by atoms with Crippen molar-refractivity contribution in [1.82, 2.24) is 0 Å². The van der Waals surface area contributed by atoms with Gasteiger partial charge in [0.1, 0.15) is 11.5 Å². The second kappa shape index (κ2) is 29.1. The molecule has 0 N–H and O–H groups in total. The molecule has 2 aliphatic rings. The summed E-state index contributed by atoms with van der Waals surface area (Å²) in [5.74, 6) is 2.07.